The van der Waals surface area contributed by atoms with E-state index in [-0.39, 0.29) is 36.7 Å². The number of nitrogens with zero attached hydrogens (tertiary/aromatic N) is 2. The van der Waals surface area contributed by atoms with E-state index in [1.807, 2.05) is 65.5 Å². The van der Waals surface area contributed by atoms with Gasteiger partial charge in [0.1, 0.15) is 0 Å². The first-order chi connectivity index (χ1) is 12.1. The number of hydrogen-bond donors (Lipinski definition) is 1. The fourth-order valence-corrected chi connectivity index (χ4v) is 3.36. The fraction of sp³-hybridized carbons (Fsp3) is 0.350. The molecule has 2 N–H and O–H groups in total. The molecule has 1 aliphatic heterocycles. The molecule has 3 rings (SSSR count). The van der Waals surface area contributed by atoms with Crippen molar-refractivity contribution in [2.45, 2.75) is 37.9 Å². The minimum absolute atomic E-state index is 0. The SMILES string of the molecule is NC(Cc1ccccc1)C(=O)N1CCCC1C(=O)C[n+]1ccccc1.[Cl-]. The number of carbonyl (C=O) groups is 2. The monoisotopic (exact) mass is 373 g/mol. The van der Waals surface area contributed by atoms with Crippen LogP contribution in [-0.2, 0) is 22.6 Å². The Morgan fingerprint density at radius 3 is 2.46 bits per heavy atom. The number of Topliss-reactive ketones (excluding diaryl/α,β-unsaturated/α-hetero) is 1. The van der Waals surface area contributed by atoms with Gasteiger partial charge in [-0.25, -0.2) is 0 Å². The third-order valence-corrected chi connectivity index (χ3v) is 4.64. The Bertz CT molecular complexity index is 724. The lowest BCUT2D eigenvalue weighted by Gasteiger charge is -2.26. The van der Waals surface area contributed by atoms with Crippen LogP contribution in [-0.4, -0.2) is 35.2 Å². The molecule has 2 unspecified atom stereocenters. The van der Waals surface area contributed by atoms with Gasteiger partial charge in [0.05, 0.1) is 12.1 Å². The van der Waals surface area contributed by atoms with Crippen LogP contribution in [0.1, 0.15) is 18.4 Å². The topological polar surface area (TPSA) is 67.3 Å². The standard InChI is InChI=1S/C20H24N3O2.ClH/c21-17(14-16-8-3-1-4-9-16)20(25)23-13-7-10-18(23)19(24)15-22-11-5-2-6-12-22;/h1-6,8-9,11-12,17-18H,7,10,13-15,21H2;1H/q+1;/p-1. The molecule has 1 fully saturated rings. The quantitative estimate of drug-likeness (QED) is 0.602. The Hall–Kier alpha value is -2.24. The summed E-state index contributed by atoms with van der Waals surface area (Å²) in [4.78, 5) is 27.1. The van der Waals surface area contributed by atoms with Crippen LogP contribution < -0.4 is 22.7 Å². The number of benzene rings is 1. The van der Waals surface area contributed by atoms with Crippen LogP contribution in [0.3, 0.4) is 0 Å². The van der Waals surface area contributed by atoms with Gasteiger partial charge >= 0.3 is 0 Å². The van der Waals surface area contributed by atoms with Crippen molar-refractivity contribution in [2.75, 3.05) is 6.54 Å². The van der Waals surface area contributed by atoms with Crippen LogP contribution in [0, 0.1) is 0 Å². The van der Waals surface area contributed by atoms with Crippen molar-refractivity contribution >= 4 is 11.7 Å². The molecule has 0 aliphatic carbocycles. The first kappa shape index (κ1) is 20.1. The molecule has 0 radical (unpaired) electrons. The second-order valence-electron chi connectivity index (χ2n) is 6.50. The highest BCUT2D eigenvalue weighted by molar-refractivity contribution is 5.90. The first-order valence-electron chi connectivity index (χ1n) is 8.72. The van der Waals surface area contributed by atoms with E-state index in [4.69, 9.17) is 5.73 Å². The Morgan fingerprint density at radius 2 is 1.77 bits per heavy atom. The van der Waals surface area contributed by atoms with Gasteiger partial charge in [0.2, 0.25) is 18.2 Å². The van der Waals surface area contributed by atoms with Crippen LogP contribution >= 0.6 is 0 Å². The van der Waals surface area contributed by atoms with Crippen molar-refractivity contribution < 1.29 is 26.6 Å². The van der Waals surface area contributed by atoms with E-state index < -0.39 is 6.04 Å². The van der Waals surface area contributed by atoms with Gasteiger partial charge in [-0.15, -0.1) is 0 Å². The lowest BCUT2D eigenvalue weighted by atomic mass is 10.0. The molecule has 138 valence electrons. The molecule has 2 aromatic rings. The highest BCUT2D eigenvalue weighted by atomic mass is 35.5. The Labute approximate surface area is 160 Å². The highest BCUT2D eigenvalue weighted by Crippen LogP contribution is 2.20. The molecule has 1 saturated heterocycles. The molecule has 1 aromatic carbocycles. The summed E-state index contributed by atoms with van der Waals surface area (Å²) in [7, 11) is 0. The number of likely N-dealkylation sites (tertiary alicyclic amines) is 1. The lowest BCUT2D eigenvalue weighted by Crippen LogP contribution is -3.00. The zero-order valence-electron chi connectivity index (χ0n) is 14.6. The highest BCUT2D eigenvalue weighted by Gasteiger charge is 2.37. The van der Waals surface area contributed by atoms with Crippen LogP contribution in [0.15, 0.2) is 60.9 Å². The summed E-state index contributed by atoms with van der Waals surface area (Å²) in [6, 6.07) is 14.5. The number of pyridine rings is 1. The molecule has 1 amide bonds. The maximum atomic E-state index is 12.8. The van der Waals surface area contributed by atoms with Gasteiger partial charge in [0, 0.05) is 18.7 Å². The molecule has 6 heteroatoms. The number of ketones is 1. The predicted octanol–water partition coefficient (Wildman–Crippen LogP) is -1.89. The van der Waals surface area contributed by atoms with Gasteiger partial charge in [-0.1, -0.05) is 36.4 Å². The molecule has 1 aromatic heterocycles. The number of rotatable bonds is 6. The van der Waals surface area contributed by atoms with Crippen LogP contribution in [0.4, 0.5) is 0 Å². The maximum Gasteiger partial charge on any atom is 0.240 e. The molecule has 0 bridgehead atoms. The Kier molecular flexibility index (Phi) is 7.30. The van der Waals surface area contributed by atoms with E-state index in [2.05, 4.69) is 0 Å². The summed E-state index contributed by atoms with van der Waals surface area (Å²) < 4.78 is 1.84. The minimum atomic E-state index is -0.611. The van der Waals surface area contributed by atoms with Crippen molar-refractivity contribution in [1.82, 2.24) is 4.90 Å². The van der Waals surface area contributed by atoms with E-state index >= 15 is 0 Å². The van der Waals surface area contributed by atoms with Crippen molar-refractivity contribution in [3.8, 4) is 0 Å². The average Bonchev–Trinajstić information content (AvgIpc) is 3.12. The molecule has 0 saturated carbocycles. The number of halogens is 1. The van der Waals surface area contributed by atoms with Gasteiger partial charge in [0.15, 0.2) is 12.4 Å². The van der Waals surface area contributed by atoms with E-state index in [1.165, 1.54) is 0 Å². The van der Waals surface area contributed by atoms with Gasteiger partial charge < -0.3 is 23.0 Å². The first-order valence-corrected chi connectivity index (χ1v) is 8.72. The number of aromatic nitrogens is 1. The van der Waals surface area contributed by atoms with Gasteiger partial charge in [0.25, 0.3) is 0 Å². The molecule has 0 spiro atoms. The molecule has 5 nitrogen and oxygen atoms in total. The van der Waals surface area contributed by atoms with Gasteiger partial charge in [-0.3, -0.25) is 9.59 Å². The molecule has 1 aliphatic rings. The summed E-state index contributed by atoms with van der Waals surface area (Å²) in [5.41, 5.74) is 7.17. The number of carbonyl (C=O) groups excluding carboxylic acids is 2. The largest absolute Gasteiger partial charge is 1.00 e. The second-order valence-corrected chi connectivity index (χ2v) is 6.50. The molecular formula is C20H24ClN3O2. The van der Waals surface area contributed by atoms with Crippen LogP contribution in [0.5, 0.6) is 0 Å². The summed E-state index contributed by atoms with van der Waals surface area (Å²) >= 11 is 0. The zero-order valence-corrected chi connectivity index (χ0v) is 15.4. The number of amides is 1. The summed E-state index contributed by atoms with van der Waals surface area (Å²) in [5.74, 6) is -0.0632. The number of hydrogen-bond acceptors (Lipinski definition) is 3. The normalized spacial score (nSPS) is 17.4. The predicted molar refractivity (Wildman–Crippen MR) is 94.5 cm³/mol. The van der Waals surface area contributed by atoms with E-state index in [0.717, 1.165) is 18.4 Å². The van der Waals surface area contributed by atoms with Crippen molar-refractivity contribution in [2.24, 2.45) is 5.73 Å². The molecular weight excluding hydrogens is 350 g/mol. The van der Waals surface area contributed by atoms with Crippen LogP contribution in [0.25, 0.3) is 0 Å². The lowest BCUT2D eigenvalue weighted by molar-refractivity contribution is -0.684. The zero-order chi connectivity index (χ0) is 17.6. The van der Waals surface area contributed by atoms with Crippen molar-refractivity contribution in [3.05, 3.63) is 66.5 Å². The van der Waals surface area contributed by atoms with E-state index in [9.17, 15) is 9.59 Å². The molecule has 2 heterocycles. The third kappa shape index (κ3) is 4.90. The Morgan fingerprint density at radius 1 is 1.12 bits per heavy atom. The maximum absolute atomic E-state index is 12.8. The third-order valence-electron chi connectivity index (χ3n) is 4.64. The number of nitrogens with two attached hydrogens (primary N) is 1. The van der Waals surface area contributed by atoms with Crippen LogP contribution in [0.2, 0.25) is 0 Å². The van der Waals surface area contributed by atoms with E-state index in [1.54, 1.807) is 4.90 Å². The second kappa shape index (κ2) is 9.46. The summed E-state index contributed by atoms with van der Waals surface area (Å²) in [5, 5.41) is 0. The smallest absolute Gasteiger partial charge is 0.240 e. The average molecular weight is 374 g/mol. The van der Waals surface area contributed by atoms with E-state index in [0.29, 0.717) is 13.0 Å². The molecule has 2 atom stereocenters. The van der Waals surface area contributed by atoms with Crippen molar-refractivity contribution in [1.29, 1.82) is 0 Å². The summed E-state index contributed by atoms with van der Waals surface area (Å²) in [6.07, 6.45) is 5.78. The summed E-state index contributed by atoms with van der Waals surface area (Å²) in [6.45, 7) is 0.889. The minimum Gasteiger partial charge on any atom is -1.00 e. The Balaban J connectivity index is 0.00000243. The van der Waals surface area contributed by atoms with Gasteiger partial charge in [-0.2, -0.15) is 4.57 Å². The molecule has 26 heavy (non-hydrogen) atoms. The van der Waals surface area contributed by atoms with Gasteiger partial charge in [-0.05, 0) is 24.8 Å². The fourth-order valence-electron chi connectivity index (χ4n) is 3.36. The van der Waals surface area contributed by atoms with Crippen molar-refractivity contribution in [3.63, 3.8) is 0 Å².